The van der Waals surface area contributed by atoms with Crippen LogP contribution in [0.5, 0.6) is 0 Å². The molecule has 1 aliphatic heterocycles. The van der Waals surface area contributed by atoms with Crippen molar-refractivity contribution in [3.63, 3.8) is 0 Å². The molecule has 1 aliphatic rings. The van der Waals surface area contributed by atoms with Crippen molar-refractivity contribution in [3.8, 4) is 0 Å². The Morgan fingerprint density at radius 2 is 2.08 bits per heavy atom. The van der Waals surface area contributed by atoms with Gasteiger partial charge in [-0.25, -0.2) is 9.78 Å². The molecule has 0 saturated heterocycles. The van der Waals surface area contributed by atoms with E-state index >= 15 is 0 Å². The number of nitrogens with one attached hydrogen (secondary N) is 1. The van der Waals surface area contributed by atoms with E-state index < -0.39 is 12.1 Å². The summed E-state index contributed by atoms with van der Waals surface area (Å²) in [6, 6.07) is 13.1. The monoisotopic (exact) mass is 338 g/mol. The lowest BCUT2D eigenvalue weighted by atomic mass is 9.98. The number of fused-ring (bicyclic) bond motifs is 2. The summed E-state index contributed by atoms with van der Waals surface area (Å²) < 4.78 is 6.28. The average molecular weight is 338 g/mol. The van der Waals surface area contributed by atoms with E-state index in [0.29, 0.717) is 17.1 Å². The van der Waals surface area contributed by atoms with Crippen molar-refractivity contribution in [1.82, 2.24) is 4.98 Å². The number of anilines is 1. The fourth-order valence-corrected chi connectivity index (χ4v) is 3.75. The van der Waals surface area contributed by atoms with Gasteiger partial charge in [0.2, 0.25) is 0 Å². The quantitative estimate of drug-likeness (QED) is 0.728. The van der Waals surface area contributed by atoms with E-state index in [9.17, 15) is 9.59 Å². The van der Waals surface area contributed by atoms with Gasteiger partial charge in [-0.1, -0.05) is 41.7 Å². The van der Waals surface area contributed by atoms with E-state index in [4.69, 9.17) is 4.74 Å². The third-order valence-electron chi connectivity index (χ3n) is 4.04. The molecule has 1 atom stereocenters. The van der Waals surface area contributed by atoms with Crippen LogP contribution in [0.15, 0.2) is 42.5 Å². The van der Waals surface area contributed by atoms with Gasteiger partial charge >= 0.3 is 5.97 Å². The number of carbonyl (C=O) groups is 2. The first kappa shape index (κ1) is 14.8. The van der Waals surface area contributed by atoms with E-state index in [2.05, 4.69) is 10.3 Å². The summed E-state index contributed by atoms with van der Waals surface area (Å²) in [5.41, 5.74) is 3.29. The first-order valence-electron chi connectivity index (χ1n) is 7.58. The van der Waals surface area contributed by atoms with Crippen LogP contribution in [0.4, 0.5) is 5.13 Å². The minimum atomic E-state index is -0.833. The minimum absolute atomic E-state index is 0.352. The van der Waals surface area contributed by atoms with Crippen molar-refractivity contribution in [1.29, 1.82) is 0 Å². The Morgan fingerprint density at radius 3 is 2.92 bits per heavy atom. The summed E-state index contributed by atoms with van der Waals surface area (Å²) in [7, 11) is 0. The number of thiazole rings is 1. The number of nitrogens with zero attached hydrogens (tertiary/aromatic N) is 1. The fourth-order valence-electron chi connectivity index (χ4n) is 2.80. The molecule has 0 saturated carbocycles. The molecule has 1 aromatic heterocycles. The summed E-state index contributed by atoms with van der Waals surface area (Å²) in [5.74, 6) is -0.813. The number of para-hydroxylation sites is 1. The molecule has 0 spiro atoms. The van der Waals surface area contributed by atoms with E-state index in [-0.39, 0.29) is 5.91 Å². The van der Waals surface area contributed by atoms with Crippen LogP contribution in [0.3, 0.4) is 0 Å². The third kappa shape index (κ3) is 2.55. The second kappa shape index (κ2) is 5.72. The maximum Gasteiger partial charge on any atom is 0.339 e. The van der Waals surface area contributed by atoms with Crippen molar-refractivity contribution in [2.45, 2.75) is 19.4 Å². The second-order valence-electron chi connectivity index (χ2n) is 5.69. The van der Waals surface area contributed by atoms with Crippen LogP contribution in [0.2, 0.25) is 0 Å². The third-order valence-corrected chi connectivity index (χ3v) is 4.97. The molecule has 2 aromatic carbocycles. The molecule has 0 fully saturated rings. The van der Waals surface area contributed by atoms with E-state index in [1.807, 2.05) is 37.3 Å². The molecule has 120 valence electrons. The Hall–Kier alpha value is -2.73. The fraction of sp³-hybridized carbons (Fsp3) is 0.167. The predicted molar refractivity (Wildman–Crippen MR) is 92.3 cm³/mol. The van der Waals surface area contributed by atoms with E-state index in [0.717, 1.165) is 21.3 Å². The average Bonchev–Trinajstić information content (AvgIpc) is 2.99. The SMILES string of the molecule is Cc1cccc2sc(NC(=O)[C@@H]3Cc4ccccc4C(=O)O3)nc12. The second-order valence-corrected chi connectivity index (χ2v) is 6.72. The van der Waals surface area contributed by atoms with Crippen LogP contribution in [0.25, 0.3) is 10.2 Å². The molecule has 0 aliphatic carbocycles. The number of aromatic nitrogens is 1. The molecule has 0 radical (unpaired) electrons. The number of cyclic esters (lactones) is 1. The normalized spacial score (nSPS) is 16.5. The van der Waals surface area contributed by atoms with E-state index in [1.54, 1.807) is 12.1 Å². The summed E-state index contributed by atoms with van der Waals surface area (Å²) in [5, 5.41) is 3.28. The number of carbonyl (C=O) groups excluding carboxylic acids is 2. The molecule has 2 heterocycles. The van der Waals surface area contributed by atoms with Crippen LogP contribution >= 0.6 is 11.3 Å². The molecule has 0 bridgehead atoms. The highest BCUT2D eigenvalue weighted by molar-refractivity contribution is 7.22. The summed E-state index contributed by atoms with van der Waals surface area (Å²) in [6.45, 7) is 1.98. The van der Waals surface area contributed by atoms with Gasteiger partial charge in [-0.3, -0.25) is 10.1 Å². The van der Waals surface area contributed by atoms with Gasteiger partial charge in [0.25, 0.3) is 5.91 Å². The van der Waals surface area contributed by atoms with Gasteiger partial charge in [0.1, 0.15) is 0 Å². The lowest BCUT2D eigenvalue weighted by Crippen LogP contribution is -2.37. The Balaban J connectivity index is 1.56. The lowest BCUT2D eigenvalue weighted by molar-refractivity contribution is -0.125. The van der Waals surface area contributed by atoms with Crippen molar-refractivity contribution in [2.75, 3.05) is 5.32 Å². The molecule has 4 rings (SSSR count). The molecular weight excluding hydrogens is 324 g/mol. The zero-order chi connectivity index (χ0) is 16.7. The molecule has 6 heteroatoms. The predicted octanol–water partition coefficient (Wildman–Crippen LogP) is 3.32. The molecule has 5 nitrogen and oxygen atoms in total. The van der Waals surface area contributed by atoms with Gasteiger partial charge in [0.05, 0.1) is 15.8 Å². The standard InChI is InChI=1S/C18H14N2O3S/c1-10-5-4-8-14-15(10)19-18(24-14)20-16(21)13-9-11-6-2-3-7-12(11)17(22)23-13/h2-8,13H,9H2,1H3,(H,19,20,21)/t13-/m0/s1. The largest absolute Gasteiger partial charge is 0.448 e. The van der Waals surface area contributed by atoms with Gasteiger partial charge in [0, 0.05) is 6.42 Å². The van der Waals surface area contributed by atoms with Gasteiger partial charge in [-0.05, 0) is 30.2 Å². The molecule has 24 heavy (non-hydrogen) atoms. The highest BCUT2D eigenvalue weighted by Gasteiger charge is 2.31. The first-order valence-corrected chi connectivity index (χ1v) is 8.39. The number of amides is 1. The van der Waals surface area contributed by atoms with Crippen LogP contribution in [0.1, 0.15) is 21.5 Å². The maximum absolute atomic E-state index is 12.5. The summed E-state index contributed by atoms with van der Waals surface area (Å²) >= 11 is 1.41. The Morgan fingerprint density at radius 1 is 1.25 bits per heavy atom. The first-order chi connectivity index (χ1) is 11.6. The van der Waals surface area contributed by atoms with Gasteiger partial charge < -0.3 is 4.74 Å². The van der Waals surface area contributed by atoms with Crippen molar-refractivity contribution in [2.24, 2.45) is 0 Å². The zero-order valence-electron chi connectivity index (χ0n) is 12.9. The van der Waals surface area contributed by atoms with Crippen molar-refractivity contribution >= 4 is 38.6 Å². The molecule has 3 aromatic rings. The molecular formula is C18H14N2O3S. The van der Waals surface area contributed by atoms with Gasteiger partial charge in [-0.15, -0.1) is 0 Å². The highest BCUT2D eigenvalue weighted by atomic mass is 32.1. The number of esters is 1. The number of hydrogen-bond donors (Lipinski definition) is 1. The van der Waals surface area contributed by atoms with Crippen LogP contribution in [-0.2, 0) is 16.0 Å². The Kier molecular flexibility index (Phi) is 3.54. The number of ether oxygens (including phenoxy) is 1. The Labute approximate surface area is 142 Å². The van der Waals surface area contributed by atoms with E-state index in [1.165, 1.54) is 11.3 Å². The summed E-state index contributed by atoms with van der Waals surface area (Å²) in [4.78, 5) is 28.9. The smallest absolute Gasteiger partial charge is 0.339 e. The molecule has 0 unspecified atom stereocenters. The zero-order valence-corrected chi connectivity index (χ0v) is 13.7. The lowest BCUT2D eigenvalue weighted by Gasteiger charge is -2.23. The summed E-state index contributed by atoms with van der Waals surface area (Å²) in [6.07, 6.45) is -0.460. The van der Waals surface area contributed by atoms with Crippen LogP contribution in [0, 0.1) is 6.92 Å². The van der Waals surface area contributed by atoms with Gasteiger partial charge in [-0.2, -0.15) is 0 Å². The number of benzene rings is 2. The molecule has 1 amide bonds. The maximum atomic E-state index is 12.5. The van der Waals surface area contributed by atoms with Crippen LogP contribution < -0.4 is 5.32 Å². The molecule has 1 N–H and O–H groups in total. The van der Waals surface area contributed by atoms with Gasteiger partial charge in [0.15, 0.2) is 11.2 Å². The highest BCUT2D eigenvalue weighted by Crippen LogP contribution is 2.28. The number of rotatable bonds is 2. The van der Waals surface area contributed by atoms with Crippen molar-refractivity contribution < 1.29 is 14.3 Å². The van der Waals surface area contributed by atoms with Crippen molar-refractivity contribution in [3.05, 3.63) is 59.2 Å². The topological polar surface area (TPSA) is 68.3 Å². The number of aryl methyl sites for hydroxylation is 1. The minimum Gasteiger partial charge on any atom is -0.448 e. The van der Waals surface area contributed by atoms with Crippen LogP contribution in [-0.4, -0.2) is 23.0 Å². The Bertz CT molecular complexity index is 964. The number of hydrogen-bond acceptors (Lipinski definition) is 5.